The van der Waals surface area contributed by atoms with Crippen LogP contribution in [0.5, 0.6) is 0 Å². The number of anilines is 1. The van der Waals surface area contributed by atoms with E-state index in [1.54, 1.807) is 17.2 Å². The van der Waals surface area contributed by atoms with Crippen LogP contribution in [0, 0.1) is 6.92 Å². The molecule has 0 spiro atoms. The second-order valence-corrected chi connectivity index (χ2v) is 7.72. The Morgan fingerprint density at radius 1 is 1.13 bits per heavy atom. The van der Waals surface area contributed by atoms with Crippen LogP contribution in [-0.4, -0.2) is 46.7 Å². The number of pyridine rings is 1. The quantitative estimate of drug-likeness (QED) is 0.769. The zero-order chi connectivity index (χ0) is 21.5. The van der Waals surface area contributed by atoms with E-state index in [0.29, 0.717) is 18.9 Å². The first-order valence-corrected chi connectivity index (χ1v) is 10.2. The summed E-state index contributed by atoms with van der Waals surface area (Å²) < 4.78 is 0. The highest BCUT2D eigenvalue weighted by atomic mass is 16.2. The van der Waals surface area contributed by atoms with Crippen molar-refractivity contribution in [3.63, 3.8) is 0 Å². The number of aromatic nitrogens is 1. The number of nitrogens with one attached hydrogen (secondary N) is 2. The molecule has 0 radical (unpaired) electrons. The highest BCUT2D eigenvalue weighted by Gasteiger charge is 2.32. The summed E-state index contributed by atoms with van der Waals surface area (Å²) in [6, 6.07) is 13.5. The summed E-state index contributed by atoms with van der Waals surface area (Å²) in [7, 11) is 0. The van der Waals surface area contributed by atoms with Gasteiger partial charge in [0.15, 0.2) is 0 Å². The van der Waals surface area contributed by atoms with Crippen molar-refractivity contribution in [3.05, 3.63) is 59.8 Å². The van der Waals surface area contributed by atoms with Gasteiger partial charge in [-0.05, 0) is 36.6 Å². The fraction of sp³-hybridized carbons (Fsp3) is 0.391. The van der Waals surface area contributed by atoms with Crippen molar-refractivity contribution in [3.8, 4) is 0 Å². The van der Waals surface area contributed by atoms with E-state index in [9.17, 15) is 14.4 Å². The van der Waals surface area contributed by atoms with Crippen LogP contribution in [0.1, 0.15) is 43.2 Å². The van der Waals surface area contributed by atoms with Crippen LogP contribution in [0.4, 0.5) is 5.82 Å². The molecule has 7 heteroatoms. The van der Waals surface area contributed by atoms with Crippen molar-refractivity contribution in [1.82, 2.24) is 15.2 Å². The standard InChI is InChI=1S/C23H28N4O3/c1-16-10-12-24-21(14-16)26-22(29)8-9-23(30)27-13-11-19(18-6-4-3-5-7-18)20(15-27)25-17(2)28/h3-7,10,12,14,19-20H,8-9,11,13,15H2,1-2H3,(H,25,28)(H,24,26,29)/t19-,20-/m0/s1. The molecule has 0 bridgehead atoms. The molecule has 158 valence electrons. The molecule has 7 nitrogen and oxygen atoms in total. The summed E-state index contributed by atoms with van der Waals surface area (Å²) in [5, 5.41) is 5.72. The number of hydrogen-bond acceptors (Lipinski definition) is 4. The predicted octanol–water partition coefficient (Wildman–Crippen LogP) is 2.63. The number of benzene rings is 1. The molecule has 0 unspecified atom stereocenters. The lowest BCUT2D eigenvalue weighted by molar-refractivity contribution is -0.135. The Kier molecular flexibility index (Phi) is 7.17. The van der Waals surface area contributed by atoms with Crippen LogP contribution < -0.4 is 10.6 Å². The highest BCUT2D eigenvalue weighted by Crippen LogP contribution is 2.28. The minimum absolute atomic E-state index is 0.0794. The van der Waals surface area contributed by atoms with Gasteiger partial charge in [0.25, 0.3) is 0 Å². The van der Waals surface area contributed by atoms with Gasteiger partial charge in [-0.2, -0.15) is 0 Å². The van der Waals surface area contributed by atoms with Crippen molar-refractivity contribution < 1.29 is 14.4 Å². The SMILES string of the molecule is CC(=O)N[C@H]1CN(C(=O)CCC(=O)Nc2cc(C)ccn2)CC[C@H]1c1ccccc1. The van der Waals surface area contributed by atoms with Crippen molar-refractivity contribution in [1.29, 1.82) is 0 Å². The topological polar surface area (TPSA) is 91.4 Å². The third-order valence-corrected chi connectivity index (χ3v) is 5.33. The zero-order valence-electron chi connectivity index (χ0n) is 17.4. The van der Waals surface area contributed by atoms with Crippen LogP contribution in [0.2, 0.25) is 0 Å². The number of hydrogen-bond donors (Lipinski definition) is 2. The number of carbonyl (C=O) groups is 3. The molecule has 0 saturated carbocycles. The first kappa shape index (κ1) is 21.5. The Balaban J connectivity index is 1.55. The van der Waals surface area contributed by atoms with E-state index in [-0.39, 0.29) is 42.5 Å². The minimum Gasteiger partial charge on any atom is -0.351 e. The largest absolute Gasteiger partial charge is 0.351 e. The predicted molar refractivity (Wildman–Crippen MR) is 115 cm³/mol. The first-order chi connectivity index (χ1) is 14.4. The van der Waals surface area contributed by atoms with Crippen LogP contribution in [0.15, 0.2) is 48.7 Å². The Hall–Kier alpha value is -3.22. The maximum absolute atomic E-state index is 12.7. The molecular formula is C23H28N4O3. The third-order valence-electron chi connectivity index (χ3n) is 5.33. The van der Waals surface area contributed by atoms with E-state index in [4.69, 9.17) is 0 Å². The molecule has 1 saturated heterocycles. The number of rotatable bonds is 6. The fourth-order valence-electron chi connectivity index (χ4n) is 3.87. The lowest BCUT2D eigenvalue weighted by atomic mass is 9.85. The van der Waals surface area contributed by atoms with Gasteiger partial charge in [-0.3, -0.25) is 14.4 Å². The smallest absolute Gasteiger partial charge is 0.226 e. The lowest BCUT2D eigenvalue weighted by Gasteiger charge is -2.39. The number of amides is 3. The molecule has 1 aromatic heterocycles. The molecule has 2 aromatic rings. The van der Waals surface area contributed by atoms with Gasteiger partial charge in [-0.25, -0.2) is 4.98 Å². The lowest BCUT2D eigenvalue weighted by Crippen LogP contribution is -2.52. The van der Waals surface area contributed by atoms with E-state index in [0.717, 1.165) is 17.5 Å². The Bertz CT molecular complexity index is 900. The van der Waals surface area contributed by atoms with Gasteiger partial charge in [-0.15, -0.1) is 0 Å². The van der Waals surface area contributed by atoms with Crippen LogP contribution in [-0.2, 0) is 14.4 Å². The second-order valence-electron chi connectivity index (χ2n) is 7.72. The summed E-state index contributed by atoms with van der Waals surface area (Å²) in [5.41, 5.74) is 2.16. The van der Waals surface area contributed by atoms with E-state index < -0.39 is 0 Å². The number of nitrogens with zero attached hydrogens (tertiary/aromatic N) is 2. The number of carbonyl (C=O) groups excluding carboxylic acids is 3. The summed E-state index contributed by atoms with van der Waals surface area (Å²) in [6.45, 7) is 4.46. The molecule has 1 aliphatic rings. The molecule has 2 heterocycles. The normalized spacial score (nSPS) is 18.5. The summed E-state index contributed by atoms with van der Waals surface area (Å²) in [6.07, 6.45) is 2.62. The van der Waals surface area contributed by atoms with Gasteiger partial charge in [0, 0.05) is 45.0 Å². The van der Waals surface area contributed by atoms with E-state index >= 15 is 0 Å². The molecule has 1 aromatic carbocycles. The summed E-state index contributed by atoms with van der Waals surface area (Å²) in [4.78, 5) is 42.4. The summed E-state index contributed by atoms with van der Waals surface area (Å²) in [5.74, 6) is 0.222. The molecule has 1 aliphatic heterocycles. The minimum atomic E-state index is -0.237. The van der Waals surface area contributed by atoms with E-state index in [2.05, 4.69) is 27.8 Å². The monoisotopic (exact) mass is 408 g/mol. The van der Waals surface area contributed by atoms with Gasteiger partial charge >= 0.3 is 0 Å². The Morgan fingerprint density at radius 3 is 2.60 bits per heavy atom. The molecule has 2 atom stereocenters. The highest BCUT2D eigenvalue weighted by molar-refractivity contribution is 5.92. The van der Waals surface area contributed by atoms with Crippen molar-refractivity contribution in [2.75, 3.05) is 18.4 Å². The first-order valence-electron chi connectivity index (χ1n) is 10.2. The molecule has 3 rings (SSSR count). The zero-order valence-corrected chi connectivity index (χ0v) is 17.4. The van der Waals surface area contributed by atoms with Crippen molar-refractivity contribution in [2.24, 2.45) is 0 Å². The maximum atomic E-state index is 12.7. The molecule has 2 N–H and O–H groups in total. The Morgan fingerprint density at radius 2 is 1.90 bits per heavy atom. The van der Waals surface area contributed by atoms with E-state index in [1.807, 2.05) is 31.2 Å². The van der Waals surface area contributed by atoms with Gasteiger partial charge in [0.05, 0.1) is 6.04 Å². The molecule has 30 heavy (non-hydrogen) atoms. The molecule has 1 fully saturated rings. The summed E-state index contributed by atoms with van der Waals surface area (Å²) >= 11 is 0. The van der Waals surface area contributed by atoms with E-state index in [1.165, 1.54) is 6.92 Å². The van der Waals surface area contributed by atoms with Crippen molar-refractivity contribution >= 4 is 23.5 Å². The van der Waals surface area contributed by atoms with Gasteiger partial charge < -0.3 is 15.5 Å². The van der Waals surface area contributed by atoms with Crippen LogP contribution >= 0.6 is 0 Å². The van der Waals surface area contributed by atoms with Crippen molar-refractivity contribution in [2.45, 2.75) is 45.1 Å². The fourth-order valence-corrected chi connectivity index (χ4v) is 3.87. The number of piperidine rings is 1. The maximum Gasteiger partial charge on any atom is 0.226 e. The average molecular weight is 409 g/mol. The second kappa shape index (κ2) is 10.0. The van der Waals surface area contributed by atoms with Crippen LogP contribution in [0.3, 0.4) is 0 Å². The molecular weight excluding hydrogens is 380 g/mol. The Labute approximate surface area is 176 Å². The third kappa shape index (κ3) is 5.89. The number of likely N-dealkylation sites (tertiary alicyclic amines) is 1. The van der Waals surface area contributed by atoms with Gasteiger partial charge in [-0.1, -0.05) is 30.3 Å². The van der Waals surface area contributed by atoms with Gasteiger partial charge in [0.1, 0.15) is 5.82 Å². The van der Waals surface area contributed by atoms with Crippen LogP contribution in [0.25, 0.3) is 0 Å². The van der Waals surface area contributed by atoms with Gasteiger partial charge in [0.2, 0.25) is 17.7 Å². The number of aryl methyl sites for hydroxylation is 1. The molecule has 0 aliphatic carbocycles. The average Bonchev–Trinajstić information content (AvgIpc) is 2.72. The molecule has 3 amide bonds.